The van der Waals surface area contributed by atoms with E-state index in [1.165, 1.54) is 31.3 Å². The predicted octanol–water partition coefficient (Wildman–Crippen LogP) is 6.76. The molecule has 0 N–H and O–H groups in total. The van der Waals surface area contributed by atoms with Gasteiger partial charge in [0.2, 0.25) is 0 Å². The summed E-state index contributed by atoms with van der Waals surface area (Å²) in [6.07, 6.45) is 10.8. The third-order valence-electron chi connectivity index (χ3n) is 9.80. The van der Waals surface area contributed by atoms with Crippen molar-refractivity contribution in [1.29, 1.82) is 0 Å². The number of fused-ring (bicyclic) bond motifs is 5. The van der Waals surface area contributed by atoms with Crippen LogP contribution in [0, 0.1) is 35.0 Å². The molecule has 0 aromatic carbocycles. The van der Waals surface area contributed by atoms with Gasteiger partial charge in [0.25, 0.3) is 0 Å². The Balaban J connectivity index is 1.58. The van der Waals surface area contributed by atoms with E-state index in [2.05, 4.69) is 47.7 Å². The molecule has 0 spiro atoms. The fourth-order valence-electron chi connectivity index (χ4n) is 7.27. The zero-order valence-corrected chi connectivity index (χ0v) is 20.3. The van der Waals surface area contributed by atoms with Crippen LogP contribution in [-0.4, -0.2) is 20.2 Å². The first-order valence-corrected chi connectivity index (χ1v) is 14.8. The van der Waals surface area contributed by atoms with Crippen molar-refractivity contribution >= 4 is 14.1 Å². The second-order valence-corrected chi connectivity index (χ2v) is 17.1. The van der Waals surface area contributed by atoms with Gasteiger partial charge in [-0.15, -0.1) is 0 Å². The van der Waals surface area contributed by atoms with E-state index >= 15 is 0 Å². The third-order valence-corrected chi connectivity index (χ3v) is 14.3. The van der Waals surface area contributed by atoms with Crippen LogP contribution in [0.4, 0.5) is 0 Å². The Hall–Kier alpha value is -0.413. The summed E-state index contributed by atoms with van der Waals surface area (Å²) in [5, 5.41) is 0.283. The smallest absolute Gasteiger partial charge is 0.192 e. The second-order valence-electron chi connectivity index (χ2n) is 12.3. The van der Waals surface area contributed by atoms with Gasteiger partial charge in [-0.3, -0.25) is 4.79 Å². The molecule has 2 nitrogen and oxygen atoms in total. The molecule has 4 aliphatic rings. The van der Waals surface area contributed by atoms with Gasteiger partial charge in [-0.2, -0.15) is 0 Å². The van der Waals surface area contributed by atoms with Crippen molar-refractivity contribution in [3.63, 3.8) is 0 Å². The third kappa shape index (κ3) is 3.19. The van der Waals surface area contributed by atoms with Crippen LogP contribution in [0.2, 0.25) is 18.1 Å². The highest BCUT2D eigenvalue weighted by atomic mass is 28.4. The zero-order valence-electron chi connectivity index (χ0n) is 19.3. The normalized spacial score (nSPS) is 43.8. The quantitative estimate of drug-likeness (QED) is 0.477. The lowest BCUT2D eigenvalue weighted by Crippen LogP contribution is -2.53. The molecule has 0 unspecified atom stereocenters. The molecule has 7 atom stereocenters. The maximum atomic E-state index is 12.0. The average Bonchev–Trinajstić information content (AvgIpc) is 2.89. The van der Waals surface area contributed by atoms with Gasteiger partial charge in [0.1, 0.15) is 0 Å². The first-order chi connectivity index (χ1) is 12.9. The van der Waals surface area contributed by atoms with Crippen molar-refractivity contribution in [2.24, 2.45) is 35.0 Å². The van der Waals surface area contributed by atoms with Crippen LogP contribution >= 0.6 is 0 Å². The lowest BCUT2D eigenvalue weighted by molar-refractivity contribution is -0.116. The van der Waals surface area contributed by atoms with Gasteiger partial charge in [-0.25, -0.2) is 0 Å². The Morgan fingerprint density at radius 2 is 1.86 bits per heavy atom. The zero-order chi connectivity index (χ0) is 20.5. The van der Waals surface area contributed by atoms with Crippen LogP contribution in [0.5, 0.6) is 0 Å². The lowest BCUT2D eigenvalue weighted by Gasteiger charge is -2.56. The minimum Gasteiger partial charge on any atom is -0.413 e. The maximum Gasteiger partial charge on any atom is 0.192 e. The molecule has 0 aliphatic heterocycles. The van der Waals surface area contributed by atoms with E-state index in [4.69, 9.17) is 4.43 Å². The summed E-state index contributed by atoms with van der Waals surface area (Å²) in [5.41, 5.74) is 1.86. The van der Waals surface area contributed by atoms with Crippen LogP contribution in [-0.2, 0) is 9.22 Å². The van der Waals surface area contributed by atoms with Crippen LogP contribution in [0.15, 0.2) is 11.6 Å². The van der Waals surface area contributed by atoms with Crippen molar-refractivity contribution < 1.29 is 9.22 Å². The molecule has 4 rings (SSSR count). The maximum absolute atomic E-state index is 12.0. The SMILES string of the molecule is C[C@@H]1CC2=CC(=O)CC[C@@H]2[C@H]2CC[C@]3(C)[C@@H](O[Si](C)(C)C(C)(C)C)CC[C@H]3[C@@H]21. The van der Waals surface area contributed by atoms with Crippen molar-refractivity contribution in [2.45, 2.75) is 104 Å². The molecule has 0 amide bonds. The summed E-state index contributed by atoms with van der Waals surface area (Å²) in [5.74, 6) is 4.25. The Kier molecular flexibility index (Phi) is 5.06. The summed E-state index contributed by atoms with van der Waals surface area (Å²) in [7, 11) is -1.74. The van der Waals surface area contributed by atoms with Crippen LogP contribution in [0.1, 0.15) is 79.6 Å². The fraction of sp³-hybridized carbons (Fsp3) is 0.880. The van der Waals surface area contributed by atoms with E-state index in [1.54, 1.807) is 0 Å². The Bertz CT molecular complexity index is 673. The first-order valence-electron chi connectivity index (χ1n) is 11.8. The molecule has 4 aliphatic carbocycles. The monoisotopic (exact) mass is 402 g/mol. The summed E-state index contributed by atoms with van der Waals surface area (Å²) in [6, 6.07) is 0. The predicted molar refractivity (Wildman–Crippen MR) is 119 cm³/mol. The largest absolute Gasteiger partial charge is 0.413 e. The standard InChI is InChI=1S/C25H42O2Si/c1-16-14-17-15-18(26)8-9-19(17)20-12-13-25(5)21(23(16)20)10-11-22(25)27-28(6,7)24(2,3)4/h15-16,19-23H,8-14H2,1-7H3/t16-,19+,20-,21+,22+,23-,25+/m1/s1. The van der Waals surface area contributed by atoms with Crippen molar-refractivity contribution in [2.75, 3.05) is 0 Å². The number of rotatable bonds is 2. The summed E-state index contributed by atoms with van der Waals surface area (Å²) < 4.78 is 7.05. The Labute approximate surface area is 174 Å². The van der Waals surface area contributed by atoms with E-state index in [0.717, 1.165) is 42.9 Å². The van der Waals surface area contributed by atoms with Gasteiger partial charge in [-0.05, 0) is 97.7 Å². The molecule has 0 saturated heterocycles. The number of ketones is 1. The van der Waals surface area contributed by atoms with Crippen molar-refractivity contribution in [3.8, 4) is 0 Å². The molecule has 3 fully saturated rings. The van der Waals surface area contributed by atoms with Crippen LogP contribution in [0.3, 0.4) is 0 Å². The van der Waals surface area contributed by atoms with Gasteiger partial charge in [-0.1, -0.05) is 40.2 Å². The lowest BCUT2D eigenvalue weighted by atomic mass is 9.49. The molecule has 0 heterocycles. The molecular weight excluding hydrogens is 360 g/mol. The van der Waals surface area contributed by atoms with E-state index in [9.17, 15) is 4.79 Å². The van der Waals surface area contributed by atoms with Crippen LogP contribution < -0.4 is 0 Å². The molecule has 158 valence electrons. The fourth-order valence-corrected chi connectivity index (χ4v) is 8.72. The van der Waals surface area contributed by atoms with E-state index in [0.29, 0.717) is 23.2 Å². The molecule has 28 heavy (non-hydrogen) atoms. The molecule has 0 bridgehead atoms. The van der Waals surface area contributed by atoms with Gasteiger partial charge in [0.15, 0.2) is 14.1 Å². The highest BCUT2D eigenvalue weighted by Gasteiger charge is 2.59. The molecule has 3 heteroatoms. The number of hydrogen-bond acceptors (Lipinski definition) is 2. The van der Waals surface area contributed by atoms with E-state index < -0.39 is 8.32 Å². The first kappa shape index (κ1) is 20.8. The molecule has 3 saturated carbocycles. The van der Waals surface area contributed by atoms with Crippen LogP contribution in [0.25, 0.3) is 0 Å². The van der Waals surface area contributed by atoms with Crippen molar-refractivity contribution in [3.05, 3.63) is 11.6 Å². The highest BCUT2D eigenvalue weighted by Crippen LogP contribution is 2.64. The molecular formula is C25H42O2Si. The topological polar surface area (TPSA) is 26.3 Å². The number of allylic oxidation sites excluding steroid dienone is 1. The number of carbonyl (C=O) groups excluding carboxylic acids is 1. The van der Waals surface area contributed by atoms with Gasteiger partial charge < -0.3 is 4.43 Å². The minimum atomic E-state index is -1.74. The minimum absolute atomic E-state index is 0.283. The Morgan fingerprint density at radius 1 is 1.14 bits per heavy atom. The van der Waals surface area contributed by atoms with Crippen molar-refractivity contribution in [1.82, 2.24) is 0 Å². The average molecular weight is 403 g/mol. The summed E-state index contributed by atoms with van der Waals surface area (Å²) >= 11 is 0. The molecule has 0 aromatic rings. The second kappa shape index (κ2) is 6.80. The van der Waals surface area contributed by atoms with Gasteiger partial charge >= 0.3 is 0 Å². The summed E-state index contributed by atoms with van der Waals surface area (Å²) in [4.78, 5) is 12.0. The van der Waals surface area contributed by atoms with E-state index in [1.807, 2.05) is 6.08 Å². The van der Waals surface area contributed by atoms with E-state index in [-0.39, 0.29) is 5.04 Å². The highest BCUT2D eigenvalue weighted by molar-refractivity contribution is 6.74. The van der Waals surface area contributed by atoms with Gasteiger partial charge in [0, 0.05) is 6.42 Å². The summed E-state index contributed by atoms with van der Waals surface area (Å²) in [6.45, 7) is 17.0. The van der Waals surface area contributed by atoms with Gasteiger partial charge in [0.05, 0.1) is 6.10 Å². The number of carbonyl (C=O) groups is 1. The molecule has 0 aromatic heterocycles. The Morgan fingerprint density at radius 3 is 2.54 bits per heavy atom. The molecule has 0 radical (unpaired) electrons. The number of hydrogen-bond donors (Lipinski definition) is 0.